The molecule has 2 amide bonds. The van der Waals surface area contributed by atoms with Gasteiger partial charge in [0.2, 0.25) is 0 Å². The minimum absolute atomic E-state index is 0.0235. The Morgan fingerprint density at radius 3 is 2.47 bits per heavy atom. The number of hydrogen-bond acceptors (Lipinski definition) is 4. The molecular formula is C12H9BrFNO4. The molecule has 1 aliphatic heterocycles. The summed E-state index contributed by atoms with van der Waals surface area (Å²) in [6, 6.07) is 2.41. The van der Waals surface area contributed by atoms with Crippen molar-refractivity contribution in [3.05, 3.63) is 33.5 Å². The molecule has 0 saturated carbocycles. The van der Waals surface area contributed by atoms with E-state index in [0.29, 0.717) is 5.06 Å². The Morgan fingerprint density at radius 1 is 1.32 bits per heavy atom. The molecule has 0 aliphatic carbocycles. The second-order valence-corrected chi connectivity index (χ2v) is 4.90. The first-order chi connectivity index (χ1) is 8.90. The van der Waals surface area contributed by atoms with Crippen molar-refractivity contribution in [2.45, 2.75) is 19.8 Å². The number of halogens is 2. The lowest BCUT2D eigenvalue weighted by Crippen LogP contribution is -2.32. The number of nitrogens with zero attached hydrogens (tertiary/aromatic N) is 1. The maximum Gasteiger partial charge on any atom is 0.365 e. The molecule has 0 N–H and O–H groups in total. The predicted octanol–water partition coefficient (Wildman–Crippen LogP) is 2.12. The lowest BCUT2D eigenvalue weighted by atomic mass is 10.1. The summed E-state index contributed by atoms with van der Waals surface area (Å²) in [7, 11) is 0. The molecule has 0 radical (unpaired) electrons. The van der Waals surface area contributed by atoms with Gasteiger partial charge in [-0.15, -0.1) is 5.06 Å². The Balaban J connectivity index is 2.23. The summed E-state index contributed by atoms with van der Waals surface area (Å²) in [5.41, 5.74) is 0.306. The van der Waals surface area contributed by atoms with Gasteiger partial charge in [-0.1, -0.05) is 0 Å². The quantitative estimate of drug-likeness (QED) is 0.779. The van der Waals surface area contributed by atoms with Crippen LogP contribution in [0.5, 0.6) is 0 Å². The number of aryl methyl sites for hydroxylation is 1. The molecule has 100 valence electrons. The van der Waals surface area contributed by atoms with E-state index in [0.717, 1.165) is 6.07 Å². The molecule has 0 aromatic heterocycles. The third-order valence-electron chi connectivity index (χ3n) is 2.65. The zero-order valence-corrected chi connectivity index (χ0v) is 11.5. The molecule has 1 saturated heterocycles. The standard InChI is InChI=1S/C12H9BrFNO4/c1-6-4-7(8(13)5-9(6)14)12(18)19-15-10(16)2-3-11(15)17/h4-5H,2-3H2,1H3. The van der Waals surface area contributed by atoms with Crippen molar-refractivity contribution in [3.63, 3.8) is 0 Å². The average molecular weight is 330 g/mol. The van der Waals surface area contributed by atoms with Gasteiger partial charge in [0.15, 0.2) is 0 Å². The lowest BCUT2D eigenvalue weighted by Gasteiger charge is -2.13. The smallest absolute Gasteiger partial charge is 0.325 e. The van der Waals surface area contributed by atoms with Gasteiger partial charge in [-0.25, -0.2) is 9.18 Å². The zero-order valence-electron chi connectivity index (χ0n) is 9.91. The Hall–Kier alpha value is -1.76. The summed E-state index contributed by atoms with van der Waals surface area (Å²) in [5, 5.41) is 0.452. The van der Waals surface area contributed by atoms with Crippen LogP contribution in [-0.2, 0) is 14.4 Å². The minimum Gasteiger partial charge on any atom is -0.325 e. The second kappa shape index (κ2) is 5.08. The van der Waals surface area contributed by atoms with Crippen LogP contribution in [0.15, 0.2) is 16.6 Å². The lowest BCUT2D eigenvalue weighted by molar-refractivity contribution is -0.172. The van der Waals surface area contributed by atoms with Crippen LogP contribution in [0.3, 0.4) is 0 Å². The zero-order chi connectivity index (χ0) is 14.2. The first-order valence-corrected chi connectivity index (χ1v) is 6.23. The highest BCUT2D eigenvalue weighted by atomic mass is 79.9. The summed E-state index contributed by atoms with van der Waals surface area (Å²) < 4.78 is 13.4. The Kier molecular flexibility index (Phi) is 3.66. The van der Waals surface area contributed by atoms with Crippen LogP contribution >= 0.6 is 15.9 Å². The van der Waals surface area contributed by atoms with Gasteiger partial charge >= 0.3 is 5.97 Å². The second-order valence-electron chi connectivity index (χ2n) is 4.04. The van der Waals surface area contributed by atoms with E-state index in [-0.39, 0.29) is 28.4 Å². The molecule has 7 heteroatoms. The van der Waals surface area contributed by atoms with E-state index >= 15 is 0 Å². The summed E-state index contributed by atoms with van der Waals surface area (Å²) in [4.78, 5) is 39.2. The van der Waals surface area contributed by atoms with Crippen molar-refractivity contribution < 1.29 is 23.6 Å². The van der Waals surface area contributed by atoms with Crippen LogP contribution in [-0.4, -0.2) is 22.8 Å². The average Bonchev–Trinajstić information content (AvgIpc) is 2.65. The number of hydrogen-bond donors (Lipinski definition) is 0. The van der Waals surface area contributed by atoms with Gasteiger partial charge in [0.05, 0.1) is 5.56 Å². The van der Waals surface area contributed by atoms with Crippen molar-refractivity contribution in [1.82, 2.24) is 5.06 Å². The molecule has 1 heterocycles. The summed E-state index contributed by atoms with van der Waals surface area (Å²) in [6.45, 7) is 1.49. The Bertz CT molecular complexity index is 571. The maximum atomic E-state index is 13.3. The molecule has 0 atom stereocenters. The summed E-state index contributed by atoms with van der Waals surface area (Å²) in [6.07, 6.45) is 0.0471. The molecule has 1 aromatic carbocycles. The number of benzene rings is 1. The van der Waals surface area contributed by atoms with Gasteiger partial charge in [-0.2, -0.15) is 0 Å². The van der Waals surface area contributed by atoms with Crippen LogP contribution in [0, 0.1) is 12.7 Å². The molecular weight excluding hydrogens is 321 g/mol. The van der Waals surface area contributed by atoms with Gasteiger partial charge in [-0.05, 0) is 40.5 Å². The number of carbonyl (C=O) groups is 3. The fourth-order valence-electron chi connectivity index (χ4n) is 1.60. The van der Waals surface area contributed by atoms with Crippen LogP contribution < -0.4 is 0 Å². The Labute approximate surface area is 116 Å². The molecule has 2 rings (SSSR count). The number of hydroxylamine groups is 2. The van der Waals surface area contributed by atoms with Crippen LogP contribution in [0.4, 0.5) is 4.39 Å². The van der Waals surface area contributed by atoms with Gasteiger partial charge in [0, 0.05) is 17.3 Å². The van der Waals surface area contributed by atoms with Gasteiger partial charge in [-0.3, -0.25) is 9.59 Å². The van der Waals surface area contributed by atoms with E-state index in [2.05, 4.69) is 15.9 Å². The van der Waals surface area contributed by atoms with Crippen molar-refractivity contribution in [1.29, 1.82) is 0 Å². The summed E-state index contributed by atoms with van der Waals surface area (Å²) >= 11 is 3.03. The number of rotatable bonds is 2. The number of imide groups is 1. The van der Waals surface area contributed by atoms with Crippen molar-refractivity contribution in [3.8, 4) is 0 Å². The van der Waals surface area contributed by atoms with E-state index < -0.39 is 23.6 Å². The molecule has 0 bridgehead atoms. The third-order valence-corrected chi connectivity index (χ3v) is 3.30. The molecule has 5 nitrogen and oxygen atoms in total. The molecule has 0 unspecified atom stereocenters. The van der Waals surface area contributed by atoms with E-state index in [1.807, 2.05) is 0 Å². The largest absolute Gasteiger partial charge is 0.365 e. The monoisotopic (exact) mass is 329 g/mol. The fraction of sp³-hybridized carbons (Fsp3) is 0.250. The predicted molar refractivity (Wildman–Crippen MR) is 65.3 cm³/mol. The summed E-state index contributed by atoms with van der Waals surface area (Å²) in [5.74, 6) is -2.49. The molecule has 19 heavy (non-hydrogen) atoms. The first-order valence-electron chi connectivity index (χ1n) is 5.44. The van der Waals surface area contributed by atoms with Gasteiger partial charge in [0.25, 0.3) is 11.8 Å². The normalized spacial score (nSPS) is 15.0. The molecule has 1 aromatic rings. The van der Waals surface area contributed by atoms with Crippen LogP contribution in [0.1, 0.15) is 28.8 Å². The number of amides is 2. The Morgan fingerprint density at radius 2 is 1.89 bits per heavy atom. The van der Waals surface area contributed by atoms with Crippen molar-refractivity contribution in [2.24, 2.45) is 0 Å². The van der Waals surface area contributed by atoms with Gasteiger partial charge < -0.3 is 4.84 Å². The van der Waals surface area contributed by atoms with Gasteiger partial charge in [0.1, 0.15) is 5.82 Å². The molecule has 0 spiro atoms. The van der Waals surface area contributed by atoms with E-state index in [9.17, 15) is 18.8 Å². The highest BCUT2D eigenvalue weighted by molar-refractivity contribution is 9.10. The highest BCUT2D eigenvalue weighted by Crippen LogP contribution is 2.23. The first kappa shape index (κ1) is 13.7. The minimum atomic E-state index is -0.890. The fourth-order valence-corrected chi connectivity index (χ4v) is 2.08. The number of carbonyl (C=O) groups excluding carboxylic acids is 3. The van der Waals surface area contributed by atoms with E-state index in [1.165, 1.54) is 13.0 Å². The highest BCUT2D eigenvalue weighted by Gasteiger charge is 2.33. The third kappa shape index (κ3) is 2.65. The molecule has 1 fully saturated rings. The SMILES string of the molecule is Cc1cc(C(=O)ON2C(=O)CCC2=O)c(Br)cc1F. The van der Waals surface area contributed by atoms with Crippen LogP contribution in [0.2, 0.25) is 0 Å². The van der Waals surface area contributed by atoms with Crippen molar-refractivity contribution in [2.75, 3.05) is 0 Å². The molecule has 1 aliphatic rings. The maximum absolute atomic E-state index is 13.3. The van der Waals surface area contributed by atoms with E-state index in [1.54, 1.807) is 0 Å². The topological polar surface area (TPSA) is 63.7 Å². The van der Waals surface area contributed by atoms with E-state index in [4.69, 9.17) is 4.84 Å². The van der Waals surface area contributed by atoms with Crippen molar-refractivity contribution >= 4 is 33.7 Å². The van der Waals surface area contributed by atoms with Crippen LogP contribution in [0.25, 0.3) is 0 Å².